The Morgan fingerprint density at radius 2 is 1.48 bits per heavy atom. The van der Waals surface area contributed by atoms with Crippen molar-refractivity contribution >= 4 is 28.1 Å². The summed E-state index contributed by atoms with van der Waals surface area (Å²) in [5, 5.41) is 0. The Morgan fingerprint density at radius 1 is 0.926 bits per heavy atom. The van der Waals surface area contributed by atoms with E-state index in [9.17, 15) is 8.42 Å². The zero-order chi connectivity index (χ0) is 19.4. The molecular weight excluding hydrogens is 369 g/mol. The van der Waals surface area contributed by atoms with Crippen LogP contribution in [0, 0.1) is 0 Å². The summed E-state index contributed by atoms with van der Waals surface area (Å²) in [6.45, 7) is 9.87. The summed E-state index contributed by atoms with van der Waals surface area (Å²) in [6, 6.07) is 3.89. The molecule has 0 bridgehead atoms. The van der Waals surface area contributed by atoms with Crippen molar-refractivity contribution in [3.63, 3.8) is 0 Å². The average Bonchev–Trinajstić information content (AvgIpc) is 2.82. The van der Waals surface area contributed by atoms with Gasteiger partial charge in [-0.3, -0.25) is 0 Å². The Labute approximate surface area is 161 Å². The van der Waals surface area contributed by atoms with Gasteiger partial charge in [0.25, 0.3) is 0 Å². The first kappa shape index (κ1) is 18.9. The number of nitrogens with zero attached hydrogens (tertiary/aromatic N) is 1. The van der Waals surface area contributed by atoms with Gasteiger partial charge < -0.3 is 23.7 Å². The van der Waals surface area contributed by atoms with Gasteiger partial charge in [0.15, 0.2) is 21.3 Å². The van der Waals surface area contributed by atoms with Gasteiger partial charge in [-0.2, -0.15) is 0 Å². The van der Waals surface area contributed by atoms with E-state index in [0.29, 0.717) is 37.8 Å². The highest BCUT2D eigenvalue weighted by Gasteiger charge is 2.53. The highest BCUT2D eigenvalue weighted by atomic mass is 32.2. The molecule has 0 amide bonds. The Kier molecular flexibility index (Phi) is 4.40. The molecule has 0 radical (unpaired) electrons. The zero-order valence-electron chi connectivity index (χ0n) is 16.3. The van der Waals surface area contributed by atoms with Crippen molar-refractivity contribution in [2.45, 2.75) is 38.9 Å². The first-order valence-corrected chi connectivity index (χ1v) is 11.2. The topological polar surface area (TPSA) is 74.3 Å². The fourth-order valence-electron chi connectivity index (χ4n) is 3.50. The molecule has 3 aliphatic heterocycles. The van der Waals surface area contributed by atoms with Crippen LogP contribution in [-0.2, 0) is 19.1 Å². The molecule has 2 fully saturated rings. The standard InChI is InChI=1S/C18H26BNO6S/c1-17(2)18(3,4)26-19(25-17)13-5-6-14(16-15(13)23-9-10-24-16)20-7-11-27(21,22)12-8-20/h5-6H,7-12H2,1-4H3. The van der Waals surface area contributed by atoms with Crippen LogP contribution >= 0.6 is 0 Å². The maximum absolute atomic E-state index is 11.8. The molecule has 9 heteroatoms. The summed E-state index contributed by atoms with van der Waals surface area (Å²) in [5.74, 6) is 1.59. The maximum atomic E-state index is 11.8. The van der Waals surface area contributed by atoms with E-state index in [1.165, 1.54) is 0 Å². The normalized spacial score (nSPS) is 25.5. The van der Waals surface area contributed by atoms with Gasteiger partial charge in [0.05, 0.1) is 28.4 Å². The summed E-state index contributed by atoms with van der Waals surface area (Å²) in [4.78, 5) is 2.04. The third kappa shape index (κ3) is 3.30. The lowest BCUT2D eigenvalue weighted by Crippen LogP contribution is -2.42. The van der Waals surface area contributed by atoms with E-state index in [2.05, 4.69) is 0 Å². The summed E-state index contributed by atoms with van der Waals surface area (Å²) in [5.41, 5.74) is 0.775. The first-order valence-electron chi connectivity index (χ1n) is 9.33. The molecule has 27 heavy (non-hydrogen) atoms. The first-order chi connectivity index (χ1) is 12.6. The molecule has 0 atom stereocenters. The highest BCUT2D eigenvalue weighted by Crippen LogP contribution is 2.42. The Hall–Kier alpha value is -1.45. The SMILES string of the molecule is CC1(C)OB(c2ccc(N3CCS(=O)(=O)CC3)c3c2OCCO3)OC1(C)C. The van der Waals surface area contributed by atoms with Crippen LogP contribution < -0.4 is 19.8 Å². The lowest BCUT2D eigenvalue weighted by atomic mass is 9.77. The molecule has 0 spiro atoms. The van der Waals surface area contributed by atoms with E-state index < -0.39 is 28.2 Å². The van der Waals surface area contributed by atoms with Gasteiger partial charge in [-0.15, -0.1) is 0 Å². The molecule has 0 N–H and O–H groups in total. The number of benzene rings is 1. The Bertz CT molecular complexity index is 824. The largest absolute Gasteiger partial charge is 0.498 e. The van der Waals surface area contributed by atoms with E-state index in [-0.39, 0.29) is 11.5 Å². The van der Waals surface area contributed by atoms with Crippen molar-refractivity contribution in [2.75, 3.05) is 42.7 Å². The lowest BCUT2D eigenvalue weighted by Gasteiger charge is -2.33. The number of fused-ring (bicyclic) bond motifs is 1. The predicted molar refractivity (Wildman–Crippen MR) is 104 cm³/mol. The number of hydrogen-bond donors (Lipinski definition) is 0. The predicted octanol–water partition coefficient (Wildman–Crippen LogP) is 0.992. The number of ether oxygens (including phenoxy) is 2. The van der Waals surface area contributed by atoms with Crippen LogP contribution in [0.3, 0.4) is 0 Å². The molecule has 2 saturated heterocycles. The van der Waals surface area contributed by atoms with Crippen molar-refractivity contribution in [3.05, 3.63) is 12.1 Å². The summed E-state index contributed by atoms with van der Waals surface area (Å²) >= 11 is 0. The lowest BCUT2D eigenvalue weighted by molar-refractivity contribution is 0.00578. The van der Waals surface area contributed by atoms with Crippen LogP contribution in [0.1, 0.15) is 27.7 Å². The number of hydrogen-bond acceptors (Lipinski definition) is 7. The molecule has 4 rings (SSSR count). The van der Waals surface area contributed by atoms with E-state index in [4.69, 9.17) is 18.8 Å². The molecule has 0 aromatic heterocycles. The molecule has 3 heterocycles. The van der Waals surface area contributed by atoms with Crippen LogP contribution in [0.2, 0.25) is 0 Å². The van der Waals surface area contributed by atoms with Crippen molar-refractivity contribution in [1.29, 1.82) is 0 Å². The smallest absolute Gasteiger partial charge is 0.486 e. The third-order valence-corrected chi connectivity index (χ3v) is 7.50. The minimum atomic E-state index is -2.95. The van der Waals surface area contributed by atoms with Crippen molar-refractivity contribution in [1.82, 2.24) is 0 Å². The second-order valence-electron chi connectivity index (χ2n) is 8.26. The van der Waals surface area contributed by atoms with E-state index >= 15 is 0 Å². The molecule has 0 aliphatic carbocycles. The fourth-order valence-corrected chi connectivity index (χ4v) is 4.70. The molecule has 1 aromatic rings. The van der Waals surface area contributed by atoms with Crippen molar-refractivity contribution < 1.29 is 27.2 Å². The summed E-state index contributed by atoms with van der Waals surface area (Å²) in [7, 11) is -3.49. The molecule has 0 saturated carbocycles. The molecule has 1 aromatic carbocycles. The van der Waals surface area contributed by atoms with Crippen LogP contribution in [0.5, 0.6) is 11.5 Å². The molecule has 3 aliphatic rings. The van der Waals surface area contributed by atoms with Gasteiger partial charge in [0, 0.05) is 18.6 Å². The van der Waals surface area contributed by atoms with Crippen LogP contribution in [0.25, 0.3) is 0 Å². The fraction of sp³-hybridized carbons (Fsp3) is 0.667. The van der Waals surface area contributed by atoms with Gasteiger partial charge in [-0.25, -0.2) is 8.42 Å². The van der Waals surface area contributed by atoms with Gasteiger partial charge in [-0.05, 0) is 33.8 Å². The summed E-state index contributed by atoms with van der Waals surface area (Å²) in [6.07, 6.45) is 0. The summed E-state index contributed by atoms with van der Waals surface area (Å²) < 4.78 is 47.7. The number of rotatable bonds is 2. The molecular formula is C18H26BNO6S. The molecule has 7 nitrogen and oxygen atoms in total. The van der Waals surface area contributed by atoms with Crippen LogP contribution in [-0.4, -0.2) is 64.5 Å². The Morgan fingerprint density at radius 3 is 2.07 bits per heavy atom. The van der Waals surface area contributed by atoms with E-state index in [1.54, 1.807) is 0 Å². The van der Waals surface area contributed by atoms with Gasteiger partial charge in [0.2, 0.25) is 0 Å². The minimum Gasteiger partial charge on any atom is -0.486 e. The zero-order valence-corrected chi connectivity index (χ0v) is 17.1. The monoisotopic (exact) mass is 395 g/mol. The molecule has 148 valence electrons. The number of anilines is 1. The van der Waals surface area contributed by atoms with Gasteiger partial charge >= 0.3 is 7.12 Å². The quantitative estimate of drug-likeness (QED) is 0.692. The van der Waals surface area contributed by atoms with Gasteiger partial charge in [-0.1, -0.05) is 6.07 Å². The van der Waals surface area contributed by atoms with E-state index in [1.807, 2.05) is 44.7 Å². The highest BCUT2D eigenvalue weighted by molar-refractivity contribution is 7.91. The second kappa shape index (κ2) is 6.29. The van der Waals surface area contributed by atoms with Crippen LogP contribution in [0.15, 0.2) is 12.1 Å². The van der Waals surface area contributed by atoms with Gasteiger partial charge in [0.1, 0.15) is 13.2 Å². The number of sulfone groups is 1. The third-order valence-electron chi connectivity index (χ3n) is 5.89. The maximum Gasteiger partial charge on any atom is 0.498 e. The van der Waals surface area contributed by atoms with Crippen molar-refractivity contribution in [3.8, 4) is 11.5 Å². The molecule has 0 unspecified atom stereocenters. The minimum absolute atomic E-state index is 0.154. The Balaban J connectivity index is 1.68. The van der Waals surface area contributed by atoms with Crippen molar-refractivity contribution in [2.24, 2.45) is 0 Å². The second-order valence-corrected chi connectivity index (χ2v) is 10.6. The van der Waals surface area contributed by atoms with Crippen LogP contribution in [0.4, 0.5) is 5.69 Å². The van der Waals surface area contributed by atoms with E-state index in [0.717, 1.165) is 11.2 Å². The average molecular weight is 395 g/mol.